The Balaban J connectivity index is 2.52. The number of pyridine rings is 1. The number of aryl methyl sites for hydroxylation is 1. The fourth-order valence-corrected chi connectivity index (χ4v) is 2.58. The number of fused-ring (bicyclic) bond motifs is 1. The first-order valence-electron chi connectivity index (χ1n) is 5.87. The average molecular weight is 265 g/mol. The number of hydrogen-bond donors (Lipinski definition) is 3. The van der Waals surface area contributed by atoms with Crippen molar-refractivity contribution in [3.05, 3.63) is 33.1 Å². The first kappa shape index (κ1) is 13.0. The van der Waals surface area contributed by atoms with E-state index in [2.05, 4.69) is 24.5 Å². The molecule has 1 heterocycles. The number of carboxylic acids is 1. The highest BCUT2D eigenvalue weighted by molar-refractivity contribution is 7.80. The Morgan fingerprint density at radius 1 is 1.56 bits per heavy atom. The zero-order valence-electron chi connectivity index (χ0n) is 10.1. The Labute approximate surface area is 110 Å². The topological polar surface area (TPSA) is 70.2 Å². The van der Waals surface area contributed by atoms with E-state index >= 15 is 0 Å². The maximum atomic E-state index is 12.3. The first-order chi connectivity index (χ1) is 8.49. The Kier molecular flexibility index (Phi) is 3.61. The van der Waals surface area contributed by atoms with Crippen molar-refractivity contribution in [2.24, 2.45) is 5.92 Å². The molecule has 1 atom stereocenters. The molecule has 4 nitrogen and oxygen atoms in total. The first-order valence-corrected chi connectivity index (χ1v) is 6.31. The Bertz CT molecular complexity index is 574. The van der Waals surface area contributed by atoms with Crippen molar-refractivity contribution >= 4 is 24.7 Å². The lowest BCUT2D eigenvalue weighted by atomic mass is 9.87. The molecule has 1 unspecified atom stereocenters. The molecule has 0 spiro atoms. The van der Waals surface area contributed by atoms with Crippen LogP contribution in [0.4, 0.5) is 0 Å². The Morgan fingerprint density at radius 2 is 2.28 bits per heavy atom. The van der Waals surface area contributed by atoms with Crippen LogP contribution in [0, 0.1) is 5.92 Å². The van der Waals surface area contributed by atoms with Crippen LogP contribution in [0.3, 0.4) is 0 Å². The van der Waals surface area contributed by atoms with E-state index in [-0.39, 0.29) is 5.43 Å². The fourth-order valence-electron chi connectivity index (χ4n) is 2.27. The normalized spacial score (nSPS) is 18.9. The lowest BCUT2D eigenvalue weighted by molar-refractivity contribution is -0.131. The summed E-state index contributed by atoms with van der Waals surface area (Å²) in [5.41, 5.74) is 1.94. The van der Waals surface area contributed by atoms with Gasteiger partial charge in [-0.3, -0.25) is 4.79 Å². The molecule has 2 N–H and O–H groups in total. The molecule has 0 aromatic carbocycles. The van der Waals surface area contributed by atoms with E-state index in [1.54, 1.807) is 0 Å². The van der Waals surface area contributed by atoms with Crippen LogP contribution in [0.1, 0.15) is 30.2 Å². The highest BCUT2D eigenvalue weighted by Crippen LogP contribution is 2.24. The van der Waals surface area contributed by atoms with Gasteiger partial charge in [0.1, 0.15) is 0 Å². The standard InChI is InChI=1S/C13H15NO3S/c1-7-2-4-10-9(6-7)12(17)8(13(18)14-10)3-5-11(15)16/h3,5,7H,2,4,6H2,1H3,(H,15,16)(H2,14,17,18)/b5-3+. The Hall–Kier alpha value is -1.49. The van der Waals surface area contributed by atoms with Gasteiger partial charge in [-0.25, -0.2) is 4.79 Å². The van der Waals surface area contributed by atoms with E-state index in [1.807, 2.05) is 0 Å². The van der Waals surface area contributed by atoms with Crippen LogP contribution in [-0.2, 0) is 17.6 Å². The molecule has 1 aromatic rings. The van der Waals surface area contributed by atoms with E-state index in [4.69, 9.17) is 5.11 Å². The van der Waals surface area contributed by atoms with E-state index in [9.17, 15) is 9.59 Å². The minimum absolute atomic E-state index is 0.0993. The maximum Gasteiger partial charge on any atom is 0.328 e. The van der Waals surface area contributed by atoms with Crippen LogP contribution in [0.25, 0.3) is 6.08 Å². The molecule has 0 radical (unpaired) electrons. The van der Waals surface area contributed by atoms with Gasteiger partial charge >= 0.3 is 5.97 Å². The zero-order valence-corrected chi connectivity index (χ0v) is 11.0. The van der Waals surface area contributed by atoms with E-state index < -0.39 is 5.97 Å². The molecule has 5 heteroatoms. The fraction of sp³-hybridized carbons (Fsp3) is 0.385. The number of aliphatic carboxylic acids is 1. The lowest BCUT2D eigenvalue weighted by Crippen LogP contribution is -2.24. The minimum atomic E-state index is -1.08. The van der Waals surface area contributed by atoms with Crippen LogP contribution in [0.2, 0.25) is 0 Å². The molecule has 1 aliphatic rings. The highest BCUT2D eigenvalue weighted by atomic mass is 32.1. The molecule has 18 heavy (non-hydrogen) atoms. The molecule has 96 valence electrons. The summed E-state index contributed by atoms with van der Waals surface area (Å²) in [5.74, 6) is -0.589. The summed E-state index contributed by atoms with van der Waals surface area (Å²) >= 11 is 4.23. The van der Waals surface area contributed by atoms with Gasteiger partial charge in [0.2, 0.25) is 0 Å². The summed E-state index contributed by atoms with van der Waals surface area (Å²) in [5, 5.41) is 9.05. The summed E-state index contributed by atoms with van der Waals surface area (Å²) in [6.45, 7) is 2.11. The summed E-state index contributed by atoms with van der Waals surface area (Å²) in [4.78, 5) is 25.9. The van der Waals surface area contributed by atoms with Gasteiger partial charge < -0.3 is 10.1 Å². The minimum Gasteiger partial charge on any atom is -0.478 e. The van der Waals surface area contributed by atoms with Gasteiger partial charge in [0, 0.05) is 17.3 Å². The molecule has 0 amide bonds. The molecule has 1 aliphatic carbocycles. The molecule has 0 fully saturated rings. The number of carboxylic acid groups (broad SMARTS) is 1. The van der Waals surface area contributed by atoms with Gasteiger partial charge in [-0.2, -0.15) is 0 Å². The van der Waals surface area contributed by atoms with E-state index in [1.165, 1.54) is 6.08 Å². The zero-order chi connectivity index (χ0) is 13.3. The summed E-state index contributed by atoms with van der Waals surface area (Å²) in [6.07, 6.45) is 4.92. The lowest BCUT2D eigenvalue weighted by Gasteiger charge is -2.21. The SMILES string of the molecule is CC1CCc2[nH]c(S)c(/C=C/C(=O)O)c(=O)c2C1. The van der Waals surface area contributed by atoms with Gasteiger partial charge in [0.05, 0.1) is 10.6 Å². The summed E-state index contributed by atoms with van der Waals surface area (Å²) in [6, 6.07) is 0. The number of hydrogen-bond acceptors (Lipinski definition) is 3. The second-order valence-electron chi connectivity index (χ2n) is 4.69. The Morgan fingerprint density at radius 3 is 2.94 bits per heavy atom. The number of aromatic amines is 1. The molecule has 2 rings (SSSR count). The number of H-pyrrole nitrogens is 1. The van der Waals surface area contributed by atoms with Crippen molar-refractivity contribution in [3.8, 4) is 0 Å². The predicted molar refractivity (Wildman–Crippen MR) is 72.2 cm³/mol. The smallest absolute Gasteiger partial charge is 0.328 e. The molecule has 0 saturated heterocycles. The number of aromatic nitrogens is 1. The van der Waals surface area contributed by atoms with E-state index in [0.29, 0.717) is 16.5 Å². The quantitative estimate of drug-likeness (QED) is 0.565. The number of thiol groups is 1. The van der Waals surface area contributed by atoms with Crippen molar-refractivity contribution in [2.75, 3.05) is 0 Å². The van der Waals surface area contributed by atoms with Crippen LogP contribution in [-0.4, -0.2) is 16.1 Å². The molecule has 0 bridgehead atoms. The van der Waals surface area contributed by atoms with Gasteiger partial charge in [0.25, 0.3) is 0 Å². The monoisotopic (exact) mass is 265 g/mol. The average Bonchev–Trinajstić information content (AvgIpc) is 2.30. The maximum absolute atomic E-state index is 12.3. The van der Waals surface area contributed by atoms with Crippen LogP contribution >= 0.6 is 12.6 Å². The molecule has 0 aliphatic heterocycles. The van der Waals surface area contributed by atoms with Crippen molar-refractivity contribution in [1.82, 2.24) is 4.98 Å². The van der Waals surface area contributed by atoms with E-state index in [0.717, 1.165) is 36.6 Å². The second-order valence-corrected chi connectivity index (χ2v) is 5.14. The molecular formula is C13H15NO3S. The van der Waals surface area contributed by atoms with Gasteiger partial charge in [0.15, 0.2) is 5.43 Å². The predicted octanol–water partition coefficient (Wildman–Crippen LogP) is 1.89. The largest absolute Gasteiger partial charge is 0.478 e. The third-order valence-electron chi connectivity index (χ3n) is 3.24. The van der Waals surface area contributed by atoms with Crippen LogP contribution < -0.4 is 5.43 Å². The van der Waals surface area contributed by atoms with Crippen molar-refractivity contribution in [3.63, 3.8) is 0 Å². The number of rotatable bonds is 2. The molecule has 0 saturated carbocycles. The van der Waals surface area contributed by atoms with Gasteiger partial charge in [-0.05, 0) is 31.3 Å². The van der Waals surface area contributed by atoms with Crippen LogP contribution in [0.5, 0.6) is 0 Å². The second kappa shape index (κ2) is 5.02. The van der Waals surface area contributed by atoms with Crippen LogP contribution in [0.15, 0.2) is 15.9 Å². The van der Waals surface area contributed by atoms with Crippen molar-refractivity contribution < 1.29 is 9.90 Å². The number of carbonyl (C=O) groups is 1. The van der Waals surface area contributed by atoms with Gasteiger partial charge in [-0.1, -0.05) is 6.92 Å². The summed E-state index contributed by atoms with van der Waals surface area (Å²) < 4.78 is 0. The third kappa shape index (κ3) is 2.51. The van der Waals surface area contributed by atoms with Crippen molar-refractivity contribution in [1.29, 1.82) is 0 Å². The molecular weight excluding hydrogens is 250 g/mol. The summed E-state index contributed by atoms with van der Waals surface area (Å²) in [7, 11) is 0. The highest BCUT2D eigenvalue weighted by Gasteiger charge is 2.20. The molecule has 1 aromatic heterocycles. The number of nitrogens with one attached hydrogen (secondary N) is 1. The van der Waals surface area contributed by atoms with Gasteiger partial charge in [-0.15, -0.1) is 12.6 Å². The van der Waals surface area contributed by atoms with Crippen molar-refractivity contribution in [2.45, 2.75) is 31.2 Å². The third-order valence-corrected chi connectivity index (χ3v) is 3.59.